The van der Waals surface area contributed by atoms with Crippen LogP contribution in [0.15, 0.2) is 72.9 Å². The maximum absolute atomic E-state index is 12.8. The number of carbonyl (C=O) groups is 3. The zero-order chi connectivity index (χ0) is 43.7. The van der Waals surface area contributed by atoms with Crippen LogP contribution in [-0.4, -0.2) is 37.2 Å². The van der Waals surface area contributed by atoms with Crippen LogP contribution in [0.5, 0.6) is 0 Å². The molecule has 0 aromatic rings. The van der Waals surface area contributed by atoms with Crippen molar-refractivity contribution in [2.75, 3.05) is 13.2 Å². The minimum atomic E-state index is -0.805. The van der Waals surface area contributed by atoms with Crippen molar-refractivity contribution >= 4 is 17.9 Å². The predicted octanol–water partition coefficient (Wildman–Crippen LogP) is 16.3. The molecule has 1 atom stereocenters. The first-order valence-electron chi connectivity index (χ1n) is 24.9. The Bertz CT molecular complexity index is 1140. The summed E-state index contributed by atoms with van der Waals surface area (Å²) in [6.07, 6.45) is 60.4. The second-order valence-corrected chi connectivity index (χ2v) is 16.3. The van der Waals surface area contributed by atoms with E-state index in [0.717, 1.165) is 83.5 Å². The van der Waals surface area contributed by atoms with E-state index in [1.807, 2.05) is 6.08 Å². The number of allylic oxidation sites excluding steroid dienone is 12. The highest BCUT2D eigenvalue weighted by Crippen LogP contribution is 2.15. The molecule has 0 saturated heterocycles. The Kier molecular flexibility index (Phi) is 46.0. The maximum atomic E-state index is 12.8. The highest BCUT2D eigenvalue weighted by molar-refractivity contribution is 5.71. The lowest BCUT2D eigenvalue weighted by atomic mass is 10.0. The normalized spacial score (nSPS) is 12.7. The summed E-state index contributed by atoms with van der Waals surface area (Å²) in [4.78, 5) is 37.8. The Morgan fingerprint density at radius 1 is 0.350 bits per heavy atom. The number of hydrogen-bond acceptors (Lipinski definition) is 6. The van der Waals surface area contributed by atoms with Gasteiger partial charge < -0.3 is 14.2 Å². The van der Waals surface area contributed by atoms with Crippen molar-refractivity contribution < 1.29 is 28.6 Å². The molecule has 344 valence electrons. The van der Waals surface area contributed by atoms with Crippen LogP contribution >= 0.6 is 0 Å². The molecule has 0 spiro atoms. The Labute approximate surface area is 370 Å². The fourth-order valence-corrected chi connectivity index (χ4v) is 6.71. The van der Waals surface area contributed by atoms with Crippen LogP contribution in [0.1, 0.15) is 233 Å². The molecule has 0 aromatic heterocycles. The van der Waals surface area contributed by atoms with Crippen LogP contribution in [0.25, 0.3) is 0 Å². The molecule has 1 unspecified atom stereocenters. The Morgan fingerprint density at radius 3 is 1.17 bits per heavy atom. The van der Waals surface area contributed by atoms with Gasteiger partial charge in [0.05, 0.1) is 0 Å². The molecule has 6 heteroatoms. The van der Waals surface area contributed by atoms with Crippen molar-refractivity contribution in [2.24, 2.45) is 0 Å². The fourth-order valence-electron chi connectivity index (χ4n) is 6.71. The van der Waals surface area contributed by atoms with E-state index in [1.54, 1.807) is 0 Å². The van der Waals surface area contributed by atoms with E-state index in [9.17, 15) is 14.4 Å². The summed E-state index contributed by atoms with van der Waals surface area (Å²) >= 11 is 0. The summed E-state index contributed by atoms with van der Waals surface area (Å²) in [5.41, 5.74) is 0. The van der Waals surface area contributed by atoms with Gasteiger partial charge in [0.25, 0.3) is 0 Å². The van der Waals surface area contributed by atoms with E-state index in [4.69, 9.17) is 14.2 Å². The lowest BCUT2D eigenvalue weighted by molar-refractivity contribution is -0.166. The van der Waals surface area contributed by atoms with Gasteiger partial charge in [0.1, 0.15) is 13.2 Å². The summed E-state index contributed by atoms with van der Waals surface area (Å²) in [6, 6.07) is 0. The number of hydrogen-bond donors (Lipinski definition) is 0. The van der Waals surface area contributed by atoms with Gasteiger partial charge in [-0.15, -0.1) is 0 Å². The average Bonchev–Trinajstić information content (AvgIpc) is 3.24. The first-order valence-corrected chi connectivity index (χ1v) is 24.9. The Hall–Kier alpha value is -3.15. The topological polar surface area (TPSA) is 78.9 Å². The second-order valence-electron chi connectivity index (χ2n) is 16.3. The minimum Gasteiger partial charge on any atom is -0.462 e. The lowest BCUT2D eigenvalue weighted by Crippen LogP contribution is -2.30. The zero-order valence-electron chi connectivity index (χ0n) is 39.2. The number of carbonyl (C=O) groups excluding carboxylic acids is 3. The number of unbranched alkanes of at least 4 members (excludes halogenated alkanes) is 21. The molecule has 0 saturated carbocycles. The molecule has 0 fully saturated rings. The average molecular weight is 837 g/mol. The molecular formula is C54H92O6. The Balaban J connectivity index is 4.48. The van der Waals surface area contributed by atoms with Gasteiger partial charge in [0.2, 0.25) is 0 Å². The van der Waals surface area contributed by atoms with Gasteiger partial charge >= 0.3 is 17.9 Å². The van der Waals surface area contributed by atoms with Crippen molar-refractivity contribution in [3.05, 3.63) is 72.9 Å². The summed E-state index contributed by atoms with van der Waals surface area (Å²) in [5.74, 6) is -0.996. The zero-order valence-corrected chi connectivity index (χ0v) is 39.2. The quantitative estimate of drug-likeness (QED) is 0.0263. The lowest BCUT2D eigenvalue weighted by Gasteiger charge is -2.18. The van der Waals surface area contributed by atoms with Crippen molar-refractivity contribution in [3.8, 4) is 0 Å². The first-order chi connectivity index (χ1) is 29.5. The van der Waals surface area contributed by atoms with Crippen LogP contribution in [0, 0.1) is 0 Å². The summed E-state index contributed by atoms with van der Waals surface area (Å²) in [6.45, 7) is 6.41. The van der Waals surface area contributed by atoms with Crippen LogP contribution in [0.2, 0.25) is 0 Å². The van der Waals surface area contributed by atoms with Gasteiger partial charge in [0.15, 0.2) is 6.10 Å². The molecule has 0 heterocycles. The number of rotatable bonds is 44. The van der Waals surface area contributed by atoms with Gasteiger partial charge in [-0.05, 0) is 70.6 Å². The smallest absolute Gasteiger partial charge is 0.306 e. The van der Waals surface area contributed by atoms with Crippen molar-refractivity contribution in [2.45, 2.75) is 239 Å². The van der Waals surface area contributed by atoms with Gasteiger partial charge in [-0.25, -0.2) is 0 Å². The largest absolute Gasteiger partial charge is 0.462 e. The third-order valence-electron chi connectivity index (χ3n) is 10.5. The SMILES string of the molecule is CC/C=C\C/C=C\C/C=C\C/C=C\C/C=C\CCC(=O)OCC(COC(=O)CCCCCCC/C=C\CCCC)OC(=O)CCCCCCCCCCCCCCCCC. The van der Waals surface area contributed by atoms with Gasteiger partial charge in [0, 0.05) is 19.3 Å². The van der Waals surface area contributed by atoms with Crippen molar-refractivity contribution in [1.82, 2.24) is 0 Å². The summed E-state index contributed by atoms with van der Waals surface area (Å²) in [5, 5.41) is 0. The second kappa shape index (κ2) is 48.5. The third-order valence-corrected chi connectivity index (χ3v) is 10.5. The highest BCUT2D eigenvalue weighted by Gasteiger charge is 2.19. The molecule has 0 aliphatic carbocycles. The van der Waals surface area contributed by atoms with Gasteiger partial charge in [-0.3, -0.25) is 14.4 Å². The monoisotopic (exact) mass is 837 g/mol. The van der Waals surface area contributed by atoms with Crippen LogP contribution < -0.4 is 0 Å². The van der Waals surface area contributed by atoms with Crippen LogP contribution in [0.4, 0.5) is 0 Å². The molecule has 60 heavy (non-hydrogen) atoms. The summed E-state index contributed by atoms with van der Waals surface area (Å²) in [7, 11) is 0. The first kappa shape index (κ1) is 56.9. The number of ether oxygens (including phenoxy) is 3. The fraction of sp³-hybridized carbons (Fsp3) is 0.722. The van der Waals surface area contributed by atoms with E-state index < -0.39 is 6.10 Å². The van der Waals surface area contributed by atoms with Crippen LogP contribution in [0.3, 0.4) is 0 Å². The van der Waals surface area contributed by atoms with E-state index in [1.165, 1.54) is 103 Å². The molecule has 0 aliphatic rings. The minimum absolute atomic E-state index is 0.101. The van der Waals surface area contributed by atoms with Gasteiger partial charge in [-0.2, -0.15) is 0 Å². The molecule has 0 rings (SSSR count). The molecule has 0 N–H and O–H groups in total. The predicted molar refractivity (Wildman–Crippen MR) is 256 cm³/mol. The van der Waals surface area contributed by atoms with E-state index in [2.05, 4.69) is 87.6 Å². The van der Waals surface area contributed by atoms with E-state index >= 15 is 0 Å². The number of esters is 3. The van der Waals surface area contributed by atoms with Crippen molar-refractivity contribution in [1.29, 1.82) is 0 Å². The van der Waals surface area contributed by atoms with Crippen LogP contribution in [-0.2, 0) is 28.6 Å². The molecule has 0 amide bonds. The van der Waals surface area contributed by atoms with Gasteiger partial charge in [-0.1, -0.05) is 216 Å². The molecule has 0 aromatic carbocycles. The molecule has 0 radical (unpaired) electrons. The van der Waals surface area contributed by atoms with E-state index in [0.29, 0.717) is 19.3 Å². The molecule has 0 aliphatic heterocycles. The third kappa shape index (κ3) is 45.9. The highest BCUT2D eigenvalue weighted by atomic mass is 16.6. The Morgan fingerprint density at radius 2 is 0.700 bits per heavy atom. The standard InChI is InChI=1S/C54H92O6/c1-4-7-10-13-16-19-22-24-26-28-29-32-35-38-41-44-47-53(56)59-50-51(49-58-52(55)46-43-40-37-34-31-21-18-15-12-9-6-3)60-54(57)48-45-42-39-36-33-30-27-25-23-20-17-14-11-8-5-2/h7,10,15-16,18-19,24,26,29,32,38,41,51H,4-6,8-9,11-14,17,20-23,25,27-28,30-31,33-37,39-40,42-50H2,1-3H3/b10-7-,18-15-,19-16-,26-24-,32-29-,41-38-. The summed E-state index contributed by atoms with van der Waals surface area (Å²) < 4.78 is 16.7. The molecular weight excluding hydrogens is 745 g/mol. The maximum Gasteiger partial charge on any atom is 0.306 e. The van der Waals surface area contributed by atoms with E-state index in [-0.39, 0.29) is 37.5 Å². The van der Waals surface area contributed by atoms with Crippen molar-refractivity contribution in [3.63, 3.8) is 0 Å². The molecule has 6 nitrogen and oxygen atoms in total. The molecule has 0 bridgehead atoms.